The number of anilines is 1. The average molecular weight is 428 g/mol. The summed E-state index contributed by atoms with van der Waals surface area (Å²) in [5.41, 5.74) is 1.02. The van der Waals surface area contributed by atoms with Crippen molar-refractivity contribution in [1.29, 1.82) is 0 Å². The van der Waals surface area contributed by atoms with Crippen LogP contribution in [0.15, 0.2) is 47.6 Å². The Kier molecular flexibility index (Phi) is 6.20. The van der Waals surface area contributed by atoms with Crippen LogP contribution in [0.5, 0.6) is 0 Å². The molecule has 2 rings (SSSR count). The number of halogens is 1. The summed E-state index contributed by atoms with van der Waals surface area (Å²) in [6, 6.07) is 10.6. The second kappa shape index (κ2) is 8.14. The van der Waals surface area contributed by atoms with E-state index >= 15 is 0 Å². The summed E-state index contributed by atoms with van der Waals surface area (Å²) in [6.45, 7) is -0.340. The third-order valence-electron chi connectivity index (χ3n) is 2.63. The van der Waals surface area contributed by atoms with Crippen LogP contribution in [0.25, 0.3) is 0 Å². The summed E-state index contributed by atoms with van der Waals surface area (Å²) in [6.07, 6.45) is 3.43. The molecule has 0 unspecified atom stereocenters. The molecule has 22 heavy (non-hydrogen) atoms. The summed E-state index contributed by atoms with van der Waals surface area (Å²) in [4.78, 5) is 27.9. The van der Waals surface area contributed by atoms with Gasteiger partial charge < -0.3 is 10.1 Å². The van der Waals surface area contributed by atoms with E-state index in [1.165, 1.54) is 11.8 Å². The van der Waals surface area contributed by atoms with E-state index in [1.807, 2.05) is 24.5 Å². The standard InChI is InChI=1S/C15H13IN2O3S/c1-22-14-12(6-3-7-17-14)15(20)21-9-13(19)18-11-5-2-4-10(16)8-11/h2-8H,9H2,1H3,(H,18,19). The Morgan fingerprint density at radius 1 is 1.32 bits per heavy atom. The summed E-state index contributed by atoms with van der Waals surface area (Å²) in [7, 11) is 0. The first-order valence-electron chi connectivity index (χ1n) is 6.31. The molecule has 0 aliphatic carbocycles. The van der Waals surface area contributed by atoms with Gasteiger partial charge in [-0.05, 0) is 59.2 Å². The van der Waals surface area contributed by atoms with Crippen molar-refractivity contribution >= 4 is 51.9 Å². The first kappa shape index (κ1) is 16.8. The molecule has 1 amide bonds. The Hall–Kier alpha value is -1.61. The minimum Gasteiger partial charge on any atom is -0.452 e. The number of rotatable bonds is 5. The lowest BCUT2D eigenvalue weighted by Gasteiger charge is -2.08. The number of aromatic nitrogens is 1. The Balaban J connectivity index is 1.92. The van der Waals surface area contributed by atoms with Crippen molar-refractivity contribution in [3.8, 4) is 0 Å². The van der Waals surface area contributed by atoms with Gasteiger partial charge in [-0.25, -0.2) is 9.78 Å². The minimum absolute atomic E-state index is 0.340. The maximum Gasteiger partial charge on any atom is 0.341 e. The van der Waals surface area contributed by atoms with Crippen LogP contribution in [0.2, 0.25) is 0 Å². The normalized spacial score (nSPS) is 10.1. The van der Waals surface area contributed by atoms with Gasteiger partial charge in [0.2, 0.25) is 0 Å². The number of amides is 1. The smallest absolute Gasteiger partial charge is 0.341 e. The quantitative estimate of drug-likeness (QED) is 0.450. The fourth-order valence-electron chi connectivity index (χ4n) is 1.68. The SMILES string of the molecule is CSc1ncccc1C(=O)OCC(=O)Nc1cccc(I)c1. The number of hydrogen-bond donors (Lipinski definition) is 1. The van der Waals surface area contributed by atoms with E-state index in [1.54, 1.807) is 24.4 Å². The Morgan fingerprint density at radius 2 is 2.14 bits per heavy atom. The molecule has 0 aliphatic heterocycles. The predicted molar refractivity (Wildman–Crippen MR) is 94.1 cm³/mol. The molecule has 0 fully saturated rings. The summed E-state index contributed by atoms with van der Waals surface area (Å²) in [5, 5.41) is 3.25. The zero-order valence-corrected chi connectivity index (χ0v) is 14.7. The van der Waals surface area contributed by atoms with E-state index in [9.17, 15) is 9.59 Å². The second-order valence-corrected chi connectivity index (χ2v) is 6.24. The molecule has 1 aromatic heterocycles. The number of nitrogens with one attached hydrogen (secondary N) is 1. The van der Waals surface area contributed by atoms with Gasteiger partial charge in [0.05, 0.1) is 5.56 Å². The lowest BCUT2D eigenvalue weighted by atomic mass is 10.3. The van der Waals surface area contributed by atoms with Crippen LogP contribution in [-0.2, 0) is 9.53 Å². The topological polar surface area (TPSA) is 68.3 Å². The van der Waals surface area contributed by atoms with E-state index < -0.39 is 5.97 Å². The van der Waals surface area contributed by atoms with E-state index in [4.69, 9.17) is 4.74 Å². The van der Waals surface area contributed by atoms with Gasteiger partial charge in [-0.3, -0.25) is 4.79 Å². The molecule has 0 saturated carbocycles. The highest BCUT2D eigenvalue weighted by Crippen LogP contribution is 2.17. The van der Waals surface area contributed by atoms with Crippen LogP contribution in [0, 0.1) is 3.57 Å². The molecular formula is C15H13IN2O3S. The first-order valence-corrected chi connectivity index (χ1v) is 8.62. The van der Waals surface area contributed by atoms with Crippen LogP contribution >= 0.6 is 34.4 Å². The molecule has 0 bridgehead atoms. The monoisotopic (exact) mass is 428 g/mol. The number of carbonyl (C=O) groups is 2. The number of nitrogens with zero attached hydrogens (tertiary/aromatic N) is 1. The van der Waals surface area contributed by atoms with Crippen LogP contribution in [0.4, 0.5) is 5.69 Å². The fourth-order valence-corrected chi connectivity index (χ4v) is 2.76. The lowest BCUT2D eigenvalue weighted by Crippen LogP contribution is -2.21. The molecule has 0 atom stereocenters. The number of ether oxygens (including phenoxy) is 1. The molecule has 2 aromatic rings. The van der Waals surface area contributed by atoms with Gasteiger partial charge in [-0.1, -0.05) is 6.07 Å². The van der Waals surface area contributed by atoms with E-state index in [2.05, 4.69) is 32.9 Å². The van der Waals surface area contributed by atoms with E-state index in [0.717, 1.165) is 3.57 Å². The lowest BCUT2D eigenvalue weighted by molar-refractivity contribution is -0.119. The Labute approximate surface area is 146 Å². The van der Waals surface area contributed by atoms with Crippen molar-refractivity contribution in [1.82, 2.24) is 4.98 Å². The van der Waals surface area contributed by atoms with E-state index in [0.29, 0.717) is 16.3 Å². The van der Waals surface area contributed by atoms with Crippen LogP contribution < -0.4 is 5.32 Å². The number of carbonyl (C=O) groups excluding carboxylic acids is 2. The average Bonchev–Trinajstić information content (AvgIpc) is 2.52. The fraction of sp³-hybridized carbons (Fsp3) is 0.133. The third-order valence-corrected chi connectivity index (χ3v) is 4.01. The number of hydrogen-bond acceptors (Lipinski definition) is 5. The molecular weight excluding hydrogens is 415 g/mol. The predicted octanol–water partition coefficient (Wildman–Crippen LogP) is 3.20. The molecule has 1 heterocycles. The number of pyridine rings is 1. The number of thioether (sulfide) groups is 1. The van der Waals surface area contributed by atoms with Gasteiger partial charge in [0.15, 0.2) is 6.61 Å². The molecule has 7 heteroatoms. The van der Waals surface area contributed by atoms with E-state index in [-0.39, 0.29) is 12.5 Å². The van der Waals surface area contributed by atoms with Crippen molar-refractivity contribution in [2.75, 3.05) is 18.2 Å². The van der Waals surface area contributed by atoms with Crippen molar-refractivity contribution in [3.05, 3.63) is 51.7 Å². The molecule has 0 saturated heterocycles. The molecule has 1 N–H and O–H groups in total. The maximum absolute atomic E-state index is 12.0. The Bertz CT molecular complexity index is 694. The number of esters is 1. The second-order valence-electron chi connectivity index (χ2n) is 4.19. The van der Waals surface area contributed by atoms with Gasteiger partial charge in [-0.2, -0.15) is 0 Å². The van der Waals surface area contributed by atoms with Crippen LogP contribution in [0.1, 0.15) is 10.4 Å². The van der Waals surface area contributed by atoms with Crippen molar-refractivity contribution in [2.24, 2.45) is 0 Å². The van der Waals surface area contributed by atoms with Crippen LogP contribution in [0.3, 0.4) is 0 Å². The molecule has 114 valence electrons. The minimum atomic E-state index is -0.560. The summed E-state index contributed by atoms with van der Waals surface area (Å²) < 4.78 is 6.04. The van der Waals surface area contributed by atoms with Gasteiger partial charge in [-0.15, -0.1) is 11.8 Å². The molecule has 0 radical (unpaired) electrons. The van der Waals surface area contributed by atoms with Crippen molar-refractivity contribution in [3.63, 3.8) is 0 Å². The molecule has 0 spiro atoms. The molecule has 0 aliphatic rings. The molecule has 5 nitrogen and oxygen atoms in total. The molecule has 1 aromatic carbocycles. The zero-order chi connectivity index (χ0) is 15.9. The zero-order valence-electron chi connectivity index (χ0n) is 11.7. The van der Waals surface area contributed by atoms with Crippen LogP contribution in [-0.4, -0.2) is 29.7 Å². The number of benzene rings is 1. The van der Waals surface area contributed by atoms with Crippen molar-refractivity contribution < 1.29 is 14.3 Å². The highest BCUT2D eigenvalue weighted by atomic mass is 127. The summed E-state index contributed by atoms with van der Waals surface area (Å²) >= 11 is 3.50. The van der Waals surface area contributed by atoms with Crippen molar-refractivity contribution in [2.45, 2.75) is 5.03 Å². The Morgan fingerprint density at radius 3 is 2.86 bits per heavy atom. The third kappa shape index (κ3) is 4.70. The van der Waals surface area contributed by atoms with Gasteiger partial charge >= 0.3 is 5.97 Å². The maximum atomic E-state index is 12.0. The van der Waals surface area contributed by atoms with Gasteiger partial charge in [0, 0.05) is 15.5 Å². The largest absolute Gasteiger partial charge is 0.452 e. The van der Waals surface area contributed by atoms with Gasteiger partial charge in [0.1, 0.15) is 5.03 Å². The van der Waals surface area contributed by atoms with Gasteiger partial charge in [0.25, 0.3) is 5.91 Å². The highest BCUT2D eigenvalue weighted by molar-refractivity contribution is 14.1. The first-order chi connectivity index (χ1) is 10.6. The highest BCUT2D eigenvalue weighted by Gasteiger charge is 2.14. The summed E-state index contributed by atoms with van der Waals surface area (Å²) in [5.74, 6) is -0.944.